The van der Waals surface area contributed by atoms with Gasteiger partial charge in [0.15, 0.2) is 5.41 Å². The summed E-state index contributed by atoms with van der Waals surface area (Å²) >= 11 is 0. The number of aryl methyl sites for hydroxylation is 4. The number of benzene rings is 20. The minimum Gasteiger partial charge on any atom is -0.493 e. The number of rotatable bonds is 8. The second kappa shape index (κ2) is 17.4. The van der Waals surface area contributed by atoms with Crippen molar-refractivity contribution in [3.8, 4) is 33.8 Å². The van der Waals surface area contributed by atoms with E-state index in [4.69, 9.17) is 28.9 Å². The highest BCUT2D eigenvalue weighted by Crippen LogP contribution is 2.97. The fourth-order valence-corrected chi connectivity index (χ4v) is 35.7. The van der Waals surface area contributed by atoms with Crippen LogP contribution in [0.25, 0.3) is 357 Å². The third-order valence-electron chi connectivity index (χ3n) is 38.1. The van der Waals surface area contributed by atoms with Crippen molar-refractivity contribution in [2.45, 2.75) is 130 Å². The molecule has 2 N–H and O–H groups in total. The van der Waals surface area contributed by atoms with Crippen molar-refractivity contribution >= 4 is 347 Å². The van der Waals surface area contributed by atoms with Gasteiger partial charge in [-0.15, -0.1) is 0 Å². The lowest BCUT2D eigenvalue weighted by atomic mass is 9.68. The molecular weight excluding hydrogens is 1560 g/mol. The van der Waals surface area contributed by atoms with Crippen molar-refractivity contribution in [2.24, 2.45) is 5.41 Å². The largest absolute Gasteiger partial charge is 0.493 e. The van der Waals surface area contributed by atoms with Gasteiger partial charge in [-0.3, -0.25) is 9.59 Å². The van der Waals surface area contributed by atoms with Crippen LogP contribution in [0, 0.1) is 5.41 Å². The molecule has 33 aromatic rings. The van der Waals surface area contributed by atoms with E-state index in [1.165, 1.54) is 347 Å². The Morgan fingerprint density at radius 2 is 0.496 bits per heavy atom. The van der Waals surface area contributed by atoms with Gasteiger partial charge in [-0.25, -0.2) is 9.97 Å². The summed E-state index contributed by atoms with van der Waals surface area (Å²) in [5.74, 6) is 0.503. The molecule has 127 heavy (non-hydrogen) atoms. The Morgan fingerprint density at radius 1 is 0.268 bits per heavy atom. The van der Waals surface area contributed by atoms with E-state index < -0.39 is 28.2 Å². The van der Waals surface area contributed by atoms with Crippen molar-refractivity contribution in [3.05, 3.63) is 128 Å². The number of para-hydroxylation sites is 2. The Kier molecular flexibility index (Phi) is 8.39. The van der Waals surface area contributed by atoms with Crippen LogP contribution in [-0.4, -0.2) is 58.3 Å². The van der Waals surface area contributed by atoms with E-state index >= 15 is 9.59 Å². The quantitative estimate of drug-likeness (QED) is 0.0874. The highest BCUT2D eigenvalue weighted by molar-refractivity contribution is 6.83. The minimum atomic E-state index is -1.95. The van der Waals surface area contributed by atoms with Gasteiger partial charge in [0, 0.05) is 46.1 Å². The van der Waals surface area contributed by atoms with Crippen LogP contribution in [0.5, 0.6) is 11.5 Å². The zero-order chi connectivity index (χ0) is 81.5. The Bertz CT molecular complexity index is 10200. The van der Waals surface area contributed by atoms with Crippen LogP contribution in [0.4, 0.5) is 0 Å². The first kappa shape index (κ1) is 61.4. The summed E-state index contributed by atoms with van der Waals surface area (Å²) in [5, 5.41) is 78.0. The summed E-state index contributed by atoms with van der Waals surface area (Å²) < 4.78 is 30.1. The summed E-state index contributed by atoms with van der Waals surface area (Å²) in [6.07, 6.45) is 6.97. The van der Waals surface area contributed by atoms with Crippen molar-refractivity contribution in [3.63, 3.8) is 0 Å². The maximum atomic E-state index is 18.7. The monoisotopic (exact) mass is 1620 g/mol. The number of aromatic nitrogens is 4. The van der Waals surface area contributed by atoms with Gasteiger partial charge in [0.05, 0.1) is 71.1 Å². The van der Waals surface area contributed by atoms with Gasteiger partial charge < -0.3 is 28.9 Å². The first-order valence-corrected chi connectivity index (χ1v) is 47.6. The number of carbonyl (C=O) groups excluding carboxylic acids is 2. The van der Waals surface area contributed by atoms with E-state index in [0.29, 0.717) is 12.8 Å². The molecule has 9 aliphatic rings. The lowest BCUT2D eigenvalue weighted by molar-refractivity contribution is -0.166. The molecule has 4 aliphatic heterocycles. The fraction of sp³-hybridized carbons (Fsp3) is 0.214. The molecule has 3 spiro atoms. The number of H-pyrrole nitrogens is 2. The van der Waals surface area contributed by atoms with Gasteiger partial charge in [0.25, 0.3) is 0 Å². The van der Waals surface area contributed by atoms with Gasteiger partial charge in [0.2, 0.25) is 0 Å². The normalized spacial score (nSPS) is 18.2. The van der Waals surface area contributed by atoms with E-state index in [1.54, 1.807) is 10.8 Å². The SMILES string of the molecule is CCC1=C(CC)c2nc1cc1[nH]c(c(CC)c1CC)c1c3nc(cc4[nH]c(c(CC)c4CC)c2-c2ccccc2OCCCOC(=O)C2(C(=O)OCCCOc4ccccc4-1)C14c5c6c7c8c9c%10c(c%11c%12c1c1c5c5c%13c6c6c7c7c9c9c%14c%10c%10c%11c%11c%12c%12c1c1c5c5c%13c%13c6c6c7c9c7c9c%14c%10c%10c%11c%11c%12c1c1c5c5c%13c6c7c6c9c%10c%11c1c56)C824)C(CC)=C3CC. The third kappa shape index (κ3) is 4.70. The van der Waals surface area contributed by atoms with E-state index in [0.717, 1.165) is 130 Å². The second-order valence-corrected chi connectivity index (χ2v) is 40.9. The summed E-state index contributed by atoms with van der Waals surface area (Å²) in [6, 6.07) is 21.9. The first-order valence-electron chi connectivity index (χ1n) is 47.6. The lowest BCUT2D eigenvalue weighted by Gasteiger charge is -2.32. The van der Waals surface area contributed by atoms with Crippen molar-refractivity contribution < 1.29 is 28.5 Å². The number of allylic oxidation sites excluding steroid dienone is 4. The van der Waals surface area contributed by atoms with Gasteiger partial charge in [-0.1, -0.05) is 91.8 Å². The highest BCUT2D eigenvalue weighted by atomic mass is 16.6. The number of nitrogens with one attached hydrogen (secondary N) is 2. The molecule has 5 aliphatic carbocycles. The molecule has 0 radical (unpaired) electrons. The van der Waals surface area contributed by atoms with Gasteiger partial charge >= 0.3 is 11.9 Å². The van der Waals surface area contributed by atoms with E-state index in [1.807, 2.05) is 0 Å². The summed E-state index contributed by atoms with van der Waals surface area (Å²) in [5.41, 5.74) is 22.2. The number of esters is 2. The molecule has 42 rings (SSSR count). The first-order chi connectivity index (χ1) is 62.7. The number of nitrogens with zero attached hydrogens (tertiary/aromatic N) is 2. The van der Waals surface area contributed by atoms with E-state index in [9.17, 15) is 0 Å². The molecule has 1 saturated carbocycles. The Balaban J connectivity index is 0.625. The number of hydrogen-bond donors (Lipinski definition) is 2. The van der Waals surface area contributed by atoms with Crippen LogP contribution in [0.3, 0.4) is 0 Å². The molecule has 0 unspecified atom stereocenters. The molecular formula is C117H64N4O6. The van der Waals surface area contributed by atoms with Crippen LogP contribution in [-0.2, 0) is 55.6 Å². The maximum Gasteiger partial charge on any atom is 0.326 e. The molecule has 1 fully saturated rings. The number of hydrogen-bond acceptors (Lipinski definition) is 8. The average Bonchev–Trinajstić information content (AvgIpc) is 1.35. The molecule has 588 valence electrons. The van der Waals surface area contributed by atoms with Gasteiger partial charge in [0.1, 0.15) is 11.5 Å². The number of carbonyl (C=O) groups is 2. The molecule has 10 bridgehead atoms. The standard InChI is InChI=1S/C117H64N4O6/c1-9-33-37(13-5)109-49-41-23-17-19-25-47(41)124-27-21-29-126-113(122)117(114(123)127-30-22-28-125-48-26-20-18-24-42(48)50(111-38(14-6)34(10-2)44(119-111)31-43(33)118-109)112-40(16-8)36(12-4)46(121-112)32-45-35(11-3)39(15-7)110(49)120-45)115-105-97-89-79-69-61-53-51-52-55-59-57(53)65-73-67(59)77-71-63(55)64-56(52)60-58-54(51)62(61)70-76-66(58)74-68(60)78-72(64)82-81(71)91-85(77)95-87(73)93(83(89)75(65)69)101(105)103(95)107-99(91)100-92(82)86(78)96-88(74)94-84(76)90(80(70)79)98(97)106(115)102(94)104(96)108(100)116(107,115)117/h17-20,23-26,31-32,118,121H,9-16,21-22,27-30H2,1-8H3. The zero-order valence-electron chi connectivity index (χ0n) is 70.5. The van der Waals surface area contributed by atoms with Crippen LogP contribution in [0.1, 0.15) is 161 Å². The summed E-state index contributed by atoms with van der Waals surface area (Å²) in [4.78, 5) is 57.9. The molecule has 10 nitrogen and oxygen atoms in total. The Hall–Kier alpha value is -14.0. The van der Waals surface area contributed by atoms with Crippen molar-refractivity contribution in [1.82, 2.24) is 19.9 Å². The number of fused-ring (bicyclic) bond motifs is 10. The molecule has 30 aromatic carbocycles. The summed E-state index contributed by atoms with van der Waals surface area (Å²) in [6.45, 7) is 18.8. The molecule has 0 atom stereocenters. The van der Waals surface area contributed by atoms with E-state index in [-0.39, 0.29) is 26.4 Å². The van der Waals surface area contributed by atoms with Crippen LogP contribution >= 0.6 is 0 Å². The van der Waals surface area contributed by atoms with Gasteiger partial charge in [-0.2, -0.15) is 0 Å². The predicted octanol–water partition coefficient (Wildman–Crippen LogP) is 29.3. The molecule has 7 heterocycles. The minimum absolute atomic E-state index is 0.0139. The summed E-state index contributed by atoms with van der Waals surface area (Å²) in [7, 11) is 0. The predicted molar refractivity (Wildman–Crippen MR) is 523 cm³/mol. The molecule has 0 amide bonds. The van der Waals surface area contributed by atoms with Crippen molar-refractivity contribution in [2.75, 3.05) is 26.4 Å². The van der Waals surface area contributed by atoms with Crippen LogP contribution in [0.2, 0.25) is 0 Å². The third-order valence-corrected chi connectivity index (χ3v) is 38.1. The topological polar surface area (TPSA) is 128 Å². The van der Waals surface area contributed by atoms with E-state index in [2.05, 4.69) is 126 Å². The number of ether oxygens (including phenoxy) is 4. The fourth-order valence-electron chi connectivity index (χ4n) is 35.7. The van der Waals surface area contributed by atoms with Gasteiger partial charge in [-0.05, 0) is 433 Å². The molecule has 0 saturated heterocycles. The molecule has 10 heteroatoms. The second-order valence-electron chi connectivity index (χ2n) is 40.9. The maximum absolute atomic E-state index is 18.7. The lowest BCUT2D eigenvalue weighted by Crippen LogP contribution is -2.39. The Labute approximate surface area is 714 Å². The van der Waals surface area contributed by atoms with Crippen LogP contribution < -0.4 is 9.47 Å². The smallest absolute Gasteiger partial charge is 0.326 e. The number of aromatic amines is 2. The highest BCUT2D eigenvalue weighted by Gasteiger charge is 3.01. The Morgan fingerprint density at radius 3 is 0.732 bits per heavy atom. The van der Waals surface area contributed by atoms with Crippen molar-refractivity contribution in [1.29, 1.82) is 0 Å². The average molecular weight is 1620 g/mol. The molecule has 3 aromatic heterocycles. The zero-order valence-corrected chi connectivity index (χ0v) is 70.5. The van der Waals surface area contributed by atoms with Crippen LogP contribution in [0.15, 0.2) is 60.7 Å².